The van der Waals surface area contributed by atoms with E-state index < -0.39 is 0 Å². The van der Waals surface area contributed by atoms with Crippen LogP contribution < -0.4 is 0 Å². The Morgan fingerprint density at radius 1 is 1.22 bits per heavy atom. The molecule has 120 valence electrons. The third-order valence-corrected chi connectivity index (χ3v) is 5.96. The van der Waals surface area contributed by atoms with Gasteiger partial charge in [-0.3, -0.25) is 9.98 Å². The van der Waals surface area contributed by atoms with E-state index in [-0.39, 0.29) is 12.1 Å². The molecule has 2 aliphatic heterocycles. The van der Waals surface area contributed by atoms with Crippen LogP contribution in [-0.4, -0.2) is 31.4 Å². The summed E-state index contributed by atoms with van der Waals surface area (Å²) in [7, 11) is 0. The van der Waals surface area contributed by atoms with Crippen molar-refractivity contribution in [1.82, 2.24) is 14.5 Å². The van der Waals surface area contributed by atoms with Gasteiger partial charge in [0.2, 0.25) is 0 Å². The van der Waals surface area contributed by atoms with Crippen molar-refractivity contribution in [2.45, 2.75) is 44.9 Å². The molecule has 0 amide bonds. The van der Waals surface area contributed by atoms with Crippen LogP contribution >= 0.6 is 11.8 Å². The Labute approximate surface area is 141 Å². The molecular weight excluding hydrogens is 304 g/mol. The highest BCUT2D eigenvalue weighted by molar-refractivity contribution is 8.14. The van der Waals surface area contributed by atoms with Crippen molar-refractivity contribution in [3.05, 3.63) is 54.1 Å². The van der Waals surface area contributed by atoms with Crippen LogP contribution in [0.15, 0.2) is 47.7 Å². The molecule has 4 nitrogen and oxygen atoms in total. The van der Waals surface area contributed by atoms with E-state index in [1.807, 2.05) is 24.0 Å². The number of fused-ring (bicyclic) bond motifs is 1. The molecule has 0 bridgehead atoms. The first kappa shape index (κ1) is 14.8. The van der Waals surface area contributed by atoms with E-state index in [0.29, 0.717) is 6.04 Å². The summed E-state index contributed by atoms with van der Waals surface area (Å²) in [5, 5.41) is 1.20. The highest BCUT2D eigenvalue weighted by Gasteiger charge is 2.46. The van der Waals surface area contributed by atoms with Crippen LogP contribution in [0.5, 0.6) is 0 Å². The molecule has 1 fully saturated rings. The van der Waals surface area contributed by atoms with Crippen molar-refractivity contribution in [3.63, 3.8) is 0 Å². The van der Waals surface area contributed by atoms with E-state index in [1.165, 1.54) is 10.9 Å². The maximum Gasteiger partial charge on any atom is 0.160 e. The minimum absolute atomic E-state index is 0.0910. The average Bonchev–Trinajstić information content (AvgIpc) is 3.29. The molecule has 0 radical (unpaired) electrons. The van der Waals surface area contributed by atoms with Gasteiger partial charge in [0.15, 0.2) is 5.17 Å². The number of aliphatic imine (C=N–C) groups is 1. The molecule has 1 saturated heterocycles. The third kappa shape index (κ3) is 2.38. The predicted octanol–water partition coefficient (Wildman–Crippen LogP) is 3.88. The number of hydrogen-bond donors (Lipinski definition) is 0. The lowest BCUT2D eigenvalue weighted by Crippen LogP contribution is -2.36. The van der Waals surface area contributed by atoms with Crippen molar-refractivity contribution in [2.75, 3.05) is 5.75 Å². The molecule has 0 saturated carbocycles. The minimum Gasteiger partial charge on any atom is -0.350 e. The molecule has 2 aromatic rings. The van der Waals surface area contributed by atoms with Crippen molar-refractivity contribution in [3.8, 4) is 0 Å². The van der Waals surface area contributed by atoms with Crippen molar-refractivity contribution >= 4 is 16.9 Å². The summed E-state index contributed by atoms with van der Waals surface area (Å²) >= 11 is 1.90. The van der Waals surface area contributed by atoms with Gasteiger partial charge in [0.05, 0.1) is 11.7 Å². The van der Waals surface area contributed by atoms with Gasteiger partial charge < -0.3 is 9.47 Å². The Morgan fingerprint density at radius 3 is 2.87 bits per heavy atom. The maximum absolute atomic E-state index is 5.06. The van der Waals surface area contributed by atoms with Gasteiger partial charge in [-0.15, -0.1) is 0 Å². The number of nitrogens with zero attached hydrogens (tertiary/aromatic N) is 4. The molecule has 4 heterocycles. The number of pyridine rings is 1. The molecule has 0 N–H and O–H groups in total. The van der Waals surface area contributed by atoms with E-state index >= 15 is 0 Å². The maximum atomic E-state index is 5.06. The summed E-state index contributed by atoms with van der Waals surface area (Å²) in [6.07, 6.45) is 5.20. The van der Waals surface area contributed by atoms with Crippen molar-refractivity contribution < 1.29 is 0 Å². The van der Waals surface area contributed by atoms with Crippen LogP contribution in [0.2, 0.25) is 0 Å². The monoisotopic (exact) mass is 326 g/mol. The van der Waals surface area contributed by atoms with Crippen LogP contribution in [-0.2, 0) is 6.54 Å². The summed E-state index contributed by atoms with van der Waals surface area (Å²) in [6, 6.07) is 11.5. The molecule has 2 aromatic heterocycles. The average molecular weight is 326 g/mol. The van der Waals surface area contributed by atoms with Gasteiger partial charge in [-0.1, -0.05) is 24.8 Å². The van der Waals surface area contributed by atoms with Gasteiger partial charge in [-0.25, -0.2) is 0 Å². The summed E-state index contributed by atoms with van der Waals surface area (Å²) < 4.78 is 2.34. The molecule has 3 atom stereocenters. The number of rotatable bonds is 4. The molecule has 5 heteroatoms. The Morgan fingerprint density at radius 2 is 2.13 bits per heavy atom. The zero-order chi connectivity index (χ0) is 15.8. The second-order valence-electron chi connectivity index (χ2n) is 6.06. The van der Waals surface area contributed by atoms with Crippen molar-refractivity contribution in [1.29, 1.82) is 0 Å². The number of hydrogen-bond acceptors (Lipinski definition) is 4. The van der Waals surface area contributed by atoms with Gasteiger partial charge in [-0.05, 0) is 37.6 Å². The molecule has 4 rings (SSSR count). The van der Waals surface area contributed by atoms with E-state index in [9.17, 15) is 0 Å². The minimum atomic E-state index is 0.0910. The SMILES string of the molecule is CC[C@H]1CSC2=N[C@@H](c3ccccn3)[C@@H](c3cccn3CC)N21. The van der Waals surface area contributed by atoms with Crippen LogP contribution in [0, 0.1) is 0 Å². The van der Waals surface area contributed by atoms with Gasteiger partial charge in [0.1, 0.15) is 6.04 Å². The Kier molecular flexibility index (Phi) is 3.89. The van der Waals surface area contributed by atoms with Gasteiger partial charge in [0, 0.05) is 36.4 Å². The molecule has 0 aliphatic carbocycles. The fraction of sp³-hybridized carbons (Fsp3) is 0.444. The topological polar surface area (TPSA) is 33.4 Å². The molecule has 0 aromatic carbocycles. The lowest BCUT2D eigenvalue weighted by Gasteiger charge is -2.32. The molecule has 2 aliphatic rings. The predicted molar refractivity (Wildman–Crippen MR) is 95.6 cm³/mol. The summed E-state index contributed by atoms with van der Waals surface area (Å²) in [5.74, 6) is 1.15. The van der Waals surface area contributed by atoms with Gasteiger partial charge >= 0.3 is 0 Å². The molecule has 0 unspecified atom stereocenters. The number of aromatic nitrogens is 2. The lowest BCUT2D eigenvalue weighted by molar-refractivity contribution is 0.246. The highest BCUT2D eigenvalue weighted by Crippen LogP contribution is 2.48. The Hall–Kier alpha value is -1.75. The van der Waals surface area contributed by atoms with Gasteiger partial charge in [0.25, 0.3) is 0 Å². The van der Waals surface area contributed by atoms with Crippen LogP contribution in [0.25, 0.3) is 0 Å². The quantitative estimate of drug-likeness (QED) is 0.855. The molecular formula is C18H22N4S. The first-order valence-corrected chi connectivity index (χ1v) is 9.37. The second kappa shape index (κ2) is 6.04. The first-order valence-electron chi connectivity index (χ1n) is 8.38. The van der Waals surface area contributed by atoms with Crippen molar-refractivity contribution in [2.24, 2.45) is 4.99 Å². The smallest absolute Gasteiger partial charge is 0.160 e. The molecule has 23 heavy (non-hydrogen) atoms. The zero-order valence-corrected chi connectivity index (χ0v) is 14.4. The van der Waals surface area contributed by atoms with E-state index in [1.54, 1.807) is 0 Å². The third-order valence-electron chi connectivity index (χ3n) is 4.84. The van der Waals surface area contributed by atoms with Crippen LogP contribution in [0.3, 0.4) is 0 Å². The first-order chi connectivity index (χ1) is 11.3. The Balaban J connectivity index is 1.80. The molecule has 0 spiro atoms. The number of amidine groups is 1. The fourth-order valence-electron chi connectivity index (χ4n) is 3.65. The summed E-state index contributed by atoms with van der Waals surface area (Å²) in [6.45, 7) is 5.46. The standard InChI is InChI=1S/C18H22N4S/c1-3-13-12-23-18-20-16(14-8-5-6-10-19-14)17(22(13)18)15-9-7-11-21(15)4-2/h5-11,13,16-17H,3-4,12H2,1-2H3/t13-,16-,17+/m0/s1. The van der Waals surface area contributed by atoms with Crippen LogP contribution in [0.1, 0.15) is 43.7 Å². The fourth-order valence-corrected chi connectivity index (χ4v) is 4.99. The van der Waals surface area contributed by atoms with E-state index in [2.05, 4.69) is 58.8 Å². The number of aryl methyl sites for hydroxylation is 1. The normalized spacial score (nSPS) is 26.4. The van der Waals surface area contributed by atoms with E-state index in [4.69, 9.17) is 4.99 Å². The van der Waals surface area contributed by atoms with E-state index in [0.717, 1.165) is 24.4 Å². The largest absolute Gasteiger partial charge is 0.350 e. The Bertz CT molecular complexity index is 709. The number of thioether (sulfide) groups is 1. The second-order valence-corrected chi connectivity index (χ2v) is 7.04. The summed E-state index contributed by atoms with van der Waals surface area (Å²) in [4.78, 5) is 12.2. The van der Waals surface area contributed by atoms with Gasteiger partial charge in [-0.2, -0.15) is 0 Å². The summed E-state index contributed by atoms with van der Waals surface area (Å²) in [5.41, 5.74) is 2.42. The highest BCUT2D eigenvalue weighted by atomic mass is 32.2. The van der Waals surface area contributed by atoms with Crippen LogP contribution in [0.4, 0.5) is 0 Å². The zero-order valence-electron chi connectivity index (χ0n) is 13.6. The lowest BCUT2D eigenvalue weighted by atomic mass is 9.99.